The number of esters is 1. The Labute approximate surface area is 175 Å². The maximum Gasteiger partial charge on any atom is 0.310 e. The van der Waals surface area contributed by atoms with E-state index in [-0.39, 0.29) is 29.9 Å². The van der Waals surface area contributed by atoms with Gasteiger partial charge in [-0.05, 0) is 35.9 Å². The zero-order valence-corrected chi connectivity index (χ0v) is 16.9. The summed E-state index contributed by atoms with van der Waals surface area (Å²) < 4.78 is 10.4. The van der Waals surface area contributed by atoms with Gasteiger partial charge in [0.05, 0.1) is 13.5 Å². The molecule has 0 radical (unpaired) electrons. The Morgan fingerprint density at radius 3 is 2.70 bits per heavy atom. The Balaban J connectivity index is 1.31. The van der Waals surface area contributed by atoms with Crippen LogP contribution in [0.2, 0.25) is 0 Å². The number of methoxy groups -OCH3 is 1. The number of carbonyl (C=O) groups is 2. The van der Waals surface area contributed by atoms with Crippen LogP contribution >= 0.6 is 11.3 Å². The molecular formula is C21H18N4O4S. The highest BCUT2D eigenvalue weighted by atomic mass is 32.1. The first kappa shape index (κ1) is 19.6. The highest BCUT2D eigenvalue weighted by molar-refractivity contribution is 7.13. The van der Waals surface area contributed by atoms with E-state index in [1.54, 1.807) is 37.6 Å². The lowest BCUT2D eigenvalue weighted by Crippen LogP contribution is -2.11. The van der Waals surface area contributed by atoms with Crippen molar-refractivity contribution in [2.45, 2.75) is 13.0 Å². The molecule has 2 aromatic heterocycles. The Morgan fingerprint density at radius 2 is 1.90 bits per heavy atom. The fourth-order valence-corrected chi connectivity index (χ4v) is 3.54. The van der Waals surface area contributed by atoms with E-state index in [2.05, 4.69) is 20.5 Å². The predicted octanol–water partition coefficient (Wildman–Crippen LogP) is 3.57. The van der Waals surface area contributed by atoms with Crippen molar-refractivity contribution in [1.29, 1.82) is 0 Å². The molecule has 0 atom stereocenters. The lowest BCUT2D eigenvalue weighted by molar-refractivity contribution is -0.144. The van der Waals surface area contributed by atoms with Crippen molar-refractivity contribution in [2.24, 2.45) is 0 Å². The highest BCUT2D eigenvalue weighted by Gasteiger charge is 2.15. The van der Waals surface area contributed by atoms with E-state index >= 15 is 0 Å². The average molecular weight is 422 g/mol. The van der Waals surface area contributed by atoms with Crippen molar-refractivity contribution in [3.05, 3.63) is 70.3 Å². The summed E-state index contributed by atoms with van der Waals surface area (Å²) in [6.07, 6.45) is 1.95. The second-order valence-corrected chi connectivity index (χ2v) is 7.44. The van der Waals surface area contributed by atoms with Crippen LogP contribution in [0.1, 0.15) is 20.4 Å². The topological polar surface area (TPSA) is 106 Å². The molecule has 2 N–H and O–H groups in total. The third kappa shape index (κ3) is 4.47. The van der Waals surface area contributed by atoms with Crippen molar-refractivity contribution >= 4 is 39.8 Å². The first-order chi connectivity index (χ1) is 14.6. The third-order valence-corrected chi connectivity index (χ3v) is 5.27. The van der Waals surface area contributed by atoms with Crippen LogP contribution < -0.4 is 10.1 Å². The van der Waals surface area contributed by atoms with Crippen LogP contribution in [0.4, 0.5) is 5.69 Å². The van der Waals surface area contributed by atoms with Crippen LogP contribution in [0.25, 0.3) is 10.9 Å². The molecule has 4 rings (SSSR count). The molecular weight excluding hydrogens is 404 g/mol. The molecule has 0 aliphatic heterocycles. The van der Waals surface area contributed by atoms with Crippen LogP contribution in [0.3, 0.4) is 0 Å². The molecule has 0 unspecified atom stereocenters. The number of amides is 1. The molecule has 0 fully saturated rings. The molecule has 0 bridgehead atoms. The fourth-order valence-electron chi connectivity index (χ4n) is 2.89. The van der Waals surface area contributed by atoms with Gasteiger partial charge in [0.1, 0.15) is 12.4 Å². The van der Waals surface area contributed by atoms with Gasteiger partial charge < -0.3 is 19.8 Å². The number of anilines is 1. The molecule has 0 spiro atoms. The number of para-hydroxylation sites is 1. The Bertz CT molecular complexity index is 1180. The molecule has 0 saturated carbocycles. The standard InChI is InChI=1S/C21H18N4O4S/c1-28-15-8-6-14(7-9-15)23-20(27)21-25-24-18(30-21)12-29-19(26)10-13-11-22-17-5-3-2-4-16(13)17/h2-9,11,22H,10,12H2,1H3,(H,23,27). The van der Waals surface area contributed by atoms with E-state index in [0.717, 1.165) is 27.8 Å². The molecule has 4 aromatic rings. The van der Waals surface area contributed by atoms with Crippen LogP contribution in [-0.4, -0.2) is 34.2 Å². The van der Waals surface area contributed by atoms with Gasteiger partial charge in [-0.25, -0.2) is 0 Å². The summed E-state index contributed by atoms with van der Waals surface area (Å²) in [7, 11) is 1.57. The molecule has 9 heteroatoms. The molecule has 2 aromatic carbocycles. The first-order valence-corrected chi connectivity index (χ1v) is 9.92. The molecule has 0 aliphatic carbocycles. The number of aromatic amines is 1. The largest absolute Gasteiger partial charge is 0.497 e. The van der Waals surface area contributed by atoms with Gasteiger partial charge in [0, 0.05) is 22.8 Å². The van der Waals surface area contributed by atoms with Gasteiger partial charge in [-0.15, -0.1) is 10.2 Å². The Hall–Kier alpha value is -3.72. The zero-order valence-electron chi connectivity index (χ0n) is 16.0. The number of hydrogen-bond donors (Lipinski definition) is 2. The van der Waals surface area contributed by atoms with Gasteiger partial charge in [-0.1, -0.05) is 29.5 Å². The highest BCUT2D eigenvalue weighted by Crippen LogP contribution is 2.20. The van der Waals surface area contributed by atoms with Crippen LogP contribution in [-0.2, 0) is 22.6 Å². The number of fused-ring (bicyclic) bond motifs is 1. The zero-order chi connectivity index (χ0) is 20.9. The van der Waals surface area contributed by atoms with Gasteiger partial charge in [-0.2, -0.15) is 0 Å². The lowest BCUT2D eigenvalue weighted by Gasteiger charge is -2.04. The molecule has 152 valence electrons. The number of carbonyl (C=O) groups excluding carboxylic acids is 2. The smallest absolute Gasteiger partial charge is 0.310 e. The second kappa shape index (κ2) is 8.75. The second-order valence-electron chi connectivity index (χ2n) is 6.38. The molecule has 2 heterocycles. The summed E-state index contributed by atoms with van der Waals surface area (Å²) in [6, 6.07) is 14.7. The lowest BCUT2D eigenvalue weighted by atomic mass is 10.1. The van der Waals surface area contributed by atoms with Crippen LogP contribution in [0.15, 0.2) is 54.7 Å². The average Bonchev–Trinajstić information content (AvgIpc) is 3.40. The Morgan fingerprint density at radius 1 is 1.10 bits per heavy atom. The van der Waals surface area contributed by atoms with E-state index in [1.807, 2.05) is 24.3 Å². The maximum atomic E-state index is 12.3. The molecule has 0 saturated heterocycles. The summed E-state index contributed by atoms with van der Waals surface area (Å²) in [6.45, 7) is -0.0331. The van der Waals surface area contributed by atoms with E-state index < -0.39 is 0 Å². The van der Waals surface area contributed by atoms with Crippen molar-refractivity contribution in [1.82, 2.24) is 15.2 Å². The van der Waals surface area contributed by atoms with Gasteiger partial charge in [-0.3, -0.25) is 9.59 Å². The van der Waals surface area contributed by atoms with Gasteiger partial charge in [0.25, 0.3) is 5.91 Å². The summed E-state index contributed by atoms with van der Waals surface area (Å²) in [5.41, 5.74) is 2.45. The minimum atomic E-state index is -0.381. The van der Waals surface area contributed by atoms with Crippen molar-refractivity contribution in [3.63, 3.8) is 0 Å². The fraction of sp³-hybridized carbons (Fsp3) is 0.143. The number of aromatic nitrogens is 3. The number of nitrogens with one attached hydrogen (secondary N) is 2. The van der Waals surface area contributed by atoms with Crippen LogP contribution in [0.5, 0.6) is 5.75 Å². The summed E-state index contributed by atoms with van der Waals surface area (Å²) in [5.74, 6) is -0.0612. The number of ether oxygens (including phenoxy) is 2. The number of rotatable bonds is 7. The Kier molecular flexibility index (Phi) is 5.71. The number of H-pyrrole nitrogens is 1. The third-order valence-electron chi connectivity index (χ3n) is 4.38. The number of benzene rings is 2. The molecule has 0 aliphatic rings. The minimum Gasteiger partial charge on any atom is -0.497 e. The molecule has 30 heavy (non-hydrogen) atoms. The molecule has 8 nitrogen and oxygen atoms in total. The van der Waals surface area contributed by atoms with E-state index in [0.29, 0.717) is 16.4 Å². The maximum absolute atomic E-state index is 12.3. The SMILES string of the molecule is COc1ccc(NC(=O)c2nnc(COC(=O)Cc3c[nH]c4ccccc34)s2)cc1. The van der Waals surface area contributed by atoms with Crippen molar-refractivity contribution in [2.75, 3.05) is 12.4 Å². The molecule has 1 amide bonds. The van der Waals surface area contributed by atoms with Gasteiger partial charge >= 0.3 is 5.97 Å². The predicted molar refractivity (Wildman–Crippen MR) is 113 cm³/mol. The summed E-state index contributed by atoms with van der Waals surface area (Å²) in [4.78, 5) is 27.6. The number of nitrogens with zero attached hydrogens (tertiary/aromatic N) is 2. The minimum absolute atomic E-state index is 0.0331. The van der Waals surface area contributed by atoms with E-state index in [4.69, 9.17) is 9.47 Å². The first-order valence-electron chi connectivity index (χ1n) is 9.11. The van der Waals surface area contributed by atoms with Crippen molar-refractivity contribution < 1.29 is 19.1 Å². The van der Waals surface area contributed by atoms with Crippen LogP contribution in [0, 0.1) is 0 Å². The van der Waals surface area contributed by atoms with Gasteiger partial charge in [0.15, 0.2) is 5.01 Å². The monoisotopic (exact) mass is 422 g/mol. The van der Waals surface area contributed by atoms with E-state index in [1.165, 1.54) is 0 Å². The normalized spacial score (nSPS) is 10.7. The van der Waals surface area contributed by atoms with Crippen molar-refractivity contribution in [3.8, 4) is 5.75 Å². The summed E-state index contributed by atoms with van der Waals surface area (Å²) >= 11 is 1.08. The quantitative estimate of drug-likeness (QED) is 0.441. The van der Waals surface area contributed by atoms with E-state index in [9.17, 15) is 9.59 Å². The van der Waals surface area contributed by atoms with Gasteiger partial charge in [0.2, 0.25) is 5.01 Å². The number of hydrogen-bond acceptors (Lipinski definition) is 7. The summed E-state index contributed by atoms with van der Waals surface area (Å²) in [5, 5.41) is 12.2.